The molecule has 0 saturated heterocycles. The fourth-order valence-electron chi connectivity index (χ4n) is 1.29. The van der Waals surface area contributed by atoms with Crippen molar-refractivity contribution in [3.8, 4) is 0 Å². The third kappa shape index (κ3) is 6.62. The Balaban J connectivity index is 2.36. The Hall–Kier alpha value is -2.74. The minimum Gasteiger partial charge on any atom is -0.463 e. The Morgan fingerprint density at radius 1 is 1.14 bits per heavy atom. The zero-order valence-electron chi connectivity index (χ0n) is 11.8. The van der Waals surface area contributed by atoms with Gasteiger partial charge in [-0.25, -0.2) is 4.79 Å². The van der Waals surface area contributed by atoms with E-state index in [4.69, 9.17) is 12.2 Å². The summed E-state index contributed by atoms with van der Waals surface area (Å²) in [5.41, 5.74) is 5.14. The molecule has 0 saturated carbocycles. The largest absolute Gasteiger partial charge is 0.463 e. The SMILES string of the molecule is CCOC(=O)C=CC(=O)NC(=S)NNC(=O)c1ccccc1. The van der Waals surface area contributed by atoms with E-state index in [-0.39, 0.29) is 11.7 Å². The summed E-state index contributed by atoms with van der Waals surface area (Å²) in [6, 6.07) is 8.47. The van der Waals surface area contributed by atoms with Crippen molar-refractivity contribution >= 4 is 35.1 Å². The van der Waals surface area contributed by atoms with Crippen molar-refractivity contribution in [1.82, 2.24) is 16.2 Å². The Morgan fingerprint density at radius 3 is 2.45 bits per heavy atom. The van der Waals surface area contributed by atoms with Crippen molar-refractivity contribution < 1.29 is 19.1 Å². The van der Waals surface area contributed by atoms with Crippen LogP contribution in [0, 0.1) is 0 Å². The second-order valence-corrected chi connectivity index (χ2v) is 4.26. The molecule has 7 nitrogen and oxygen atoms in total. The first-order chi connectivity index (χ1) is 10.5. The van der Waals surface area contributed by atoms with Crippen LogP contribution in [-0.4, -0.2) is 29.5 Å². The van der Waals surface area contributed by atoms with Crippen LogP contribution in [0.1, 0.15) is 17.3 Å². The van der Waals surface area contributed by atoms with E-state index in [2.05, 4.69) is 20.9 Å². The Morgan fingerprint density at radius 2 is 1.82 bits per heavy atom. The zero-order chi connectivity index (χ0) is 16.4. The lowest BCUT2D eigenvalue weighted by atomic mass is 10.2. The molecule has 0 radical (unpaired) electrons. The number of hydrazine groups is 1. The minimum absolute atomic E-state index is 0.109. The van der Waals surface area contributed by atoms with Gasteiger partial charge >= 0.3 is 5.97 Å². The molecule has 0 atom stereocenters. The van der Waals surface area contributed by atoms with Crippen LogP contribution < -0.4 is 16.2 Å². The van der Waals surface area contributed by atoms with Crippen molar-refractivity contribution in [3.05, 3.63) is 48.0 Å². The van der Waals surface area contributed by atoms with Gasteiger partial charge in [0.15, 0.2) is 5.11 Å². The molecule has 0 aliphatic rings. The molecule has 0 unspecified atom stereocenters. The van der Waals surface area contributed by atoms with Crippen LogP contribution in [0.25, 0.3) is 0 Å². The van der Waals surface area contributed by atoms with Crippen LogP contribution in [0.3, 0.4) is 0 Å². The molecule has 0 bridgehead atoms. The average Bonchev–Trinajstić information content (AvgIpc) is 2.52. The first kappa shape index (κ1) is 17.3. The van der Waals surface area contributed by atoms with E-state index < -0.39 is 17.8 Å². The van der Waals surface area contributed by atoms with Gasteiger partial charge in [0.05, 0.1) is 6.61 Å². The number of thiocarbonyl (C=S) groups is 1. The quantitative estimate of drug-likeness (QED) is 0.322. The van der Waals surface area contributed by atoms with Crippen molar-refractivity contribution in [2.75, 3.05) is 6.61 Å². The molecule has 0 spiro atoms. The zero-order valence-corrected chi connectivity index (χ0v) is 12.6. The van der Waals surface area contributed by atoms with Gasteiger partial charge in [-0.15, -0.1) is 0 Å². The van der Waals surface area contributed by atoms with Gasteiger partial charge in [-0.2, -0.15) is 0 Å². The van der Waals surface area contributed by atoms with E-state index in [0.717, 1.165) is 12.2 Å². The molecule has 0 aliphatic heterocycles. The molecule has 1 rings (SSSR count). The Kier molecular flexibility index (Phi) is 7.27. The molecule has 22 heavy (non-hydrogen) atoms. The minimum atomic E-state index is -0.631. The summed E-state index contributed by atoms with van der Waals surface area (Å²) < 4.78 is 4.61. The van der Waals surface area contributed by atoms with Gasteiger partial charge in [0.2, 0.25) is 5.91 Å². The third-order valence-electron chi connectivity index (χ3n) is 2.22. The summed E-state index contributed by atoms with van der Waals surface area (Å²) in [7, 11) is 0. The number of hydrogen-bond donors (Lipinski definition) is 3. The highest BCUT2D eigenvalue weighted by atomic mass is 32.1. The number of benzene rings is 1. The van der Waals surface area contributed by atoms with Gasteiger partial charge in [-0.3, -0.25) is 25.8 Å². The van der Waals surface area contributed by atoms with E-state index in [1.54, 1.807) is 37.3 Å². The average molecular weight is 321 g/mol. The lowest BCUT2D eigenvalue weighted by molar-refractivity contribution is -0.137. The van der Waals surface area contributed by atoms with Gasteiger partial charge in [-0.1, -0.05) is 18.2 Å². The number of esters is 1. The molecule has 1 aromatic rings. The second-order valence-electron chi connectivity index (χ2n) is 3.85. The topological polar surface area (TPSA) is 96.5 Å². The molecule has 8 heteroatoms. The lowest BCUT2D eigenvalue weighted by Crippen LogP contribution is -2.48. The normalized spacial score (nSPS) is 9.86. The van der Waals surface area contributed by atoms with Crippen molar-refractivity contribution in [2.24, 2.45) is 0 Å². The van der Waals surface area contributed by atoms with Crippen LogP contribution in [0.4, 0.5) is 0 Å². The summed E-state index contributed by atoms with van der Waals surface area (Å²) in [4.78, 5) is 34.1. The lowest BCUT2D eigenvalue weighted by Gasteiger charge is -2.09. The molecule has 2 amide bonds. The molecule has 1 aromatic carbocycles. The highest BCUT2D eigenvalue weighted by Crippen LogP contribution is 1.96. The molecule has 116 valence electrons. The molecule has 0 aliphatic carbocycles. The van der Waals surface area contributed by atoms with Gasteiger partial charge in [0.1, 0.15) is 0 Å². The van der Waals surface area contributed by atoms with Gasteiger partial charge in [0.25, 0.3) is 5.91 Å². The van der Waals surface area contributed by atoms with Crippen molar-refractivity contribution in [1.29, 1.82) is 0 Å². The van der Waals surface area contributed by atoms with Crippen LogP contribution in [0.2, 0.25) is 0 Å². The van der Waals surface area contributed by atoms with E-state index in [9.17, 15) is 14.4 Å². The summed E-state index contributed by atoms with van der Waals surface area (Å²) in [6.07, 6.45) is 1.95. The van der Waals surface area contributed by atoms with E-state index in [1.165, 1.54) is 0 Å². The summed E-state index contributed by atoms with van der Waals surface area (Å²) in [5, 5.41) is 2.15. The number of amides is 2. The van der Waals surface area contributed by atoms with E-state index >= 15 is 0 Å². The molecular formula is C14H15N3O4S. The first-order valence-corrected chi connectivity index (χ1v) is 6.75. The molecule has 0 fully saturated rings. The van der Waals surface area contributed by atoms with E-state index in [0.29, 0.717) is 5.56 Å². The summed E-state index contributed by atoms with van der Waals surface area (Å²) in [5.74, 6) is -1.66. The molecular weight excluding hydrogens is 306 g/mol. The van der Waals surface area contributed by atoms with Crippen LogP contribution in [0.5, 0.6) is 0 Å². The van der Waals surface area contributed by atoms with Gasteiger partial charge in [-0.05, 0) is 31.3 Å². The molecule has 0 aromatic heterocycles. The maximum Gasteiger partial charge on any atom is 0.330 e. The fraction of sp³-hybridized carbons (Fsp3) is 0.143. The highest BCUT2D eigenvalue weighted by molar-refractivity contribution is 7.80. The van der Waals surface area contributed by atoms with Crippen LogP contribution in [-0.2, 0) is 14.3 Å². The highest BCUT2D eigenvalue weighted by Gasteiger charge is 2.06. The van der Waals surface area contributed by atoms with Crippen LogP contribution in [0.15, 0.2) is 42.5 Å². The Bertz CT molecular complexity index is 587. The fourth-order valence-corrected chi connectivity index (χ4v) is 1.45. The first-order valence-electron chi connectivity index (χ1n) is 6.34. The van der Waals surface area contributed by atoms with Crippen molar-refractivity contribution in [3.63, 3.8) is 0 Å². The smallest absolute Gasteiger partial charge is 0.330 e. The predicted octanol–water partition coefficient (Wildman–Crippen LogP) is 0.441. The maximum absolute atomic E-state index is 11.7. The van der Waals surface area contributed by atoms with Gasteiger partial charge in [0, 0.05) is 17.7 Å². The summed E-state index contributed by atoms with van der Waals surface area (Å²) in [6.45, 7) is 1.87. The summed E-state index contributed by atoms with van der Waals surface area (Å²) >= 11 is 4.82. The monoisotopic (exact) mass is 321 g/mol. The number of carbonyl (C=O) groups is 3. The number of carbonyl (C=O) groups excluding carboxylic acids is 3. The number of hydrogen-bond acceptors (Lipinski definition) is 5. The molecule has 0 heterocycles. The Labute approximate surface area is 132 Å². The number of ether oxygens (including phenoxy) is 1. The predicted molar refractivity (Wildman–Crippen MR) is 83.6 cm³/mol. The maximum atomic E-state index is 11.7. The second kappa shape index (κ2) is 9.24. The molecule has 3 N–H and O–H groups in total. The van der Waals surface area contributed by atoms with Crippen LogP contribution >= 0.6 is 12.2 Å². The number of rotatable bonds is 4. The van der Waals surface area contributed by atoms with Gasteiger partial charge < -0.3 is 4.74 Å². The van der Waals surface area contributed by atoms with Crippen molar-refractivity contribution in [2.45, 2.75) is 6.92 Å². The number of nitrogens with one attached hydrogen (secondary N) is 3. The van der Waals surface area contributed by atoms with E-state index in [1.807, 2.05) is 0 Å². The standard InChI is InChI=1S/C14H15N3O4S/c1-2-21-12(19)9-8-11(18)15-14(22)17-16-13(20)10-6-4-3-5-7-10/h3-9H,2H2,1H3,(H,16,20)(H2,15,17,18,22). The third-order valence-corrected chi connectivity index (χ3v) is 2.42.